The number of hydrogen-bond acceptors (Lipinski definition) is 3. The molecule has 0 aliphatic carbocycles. The number of aromatic nitrogens is 1. The summed E-state index contributed by atoms with van der Waals surface area (Å²) in [6.07, 6.45) is 2.29. The van der Waals surface area contributed by atoms with E-state index in [1.54, 1.807) is 6.20 Å². The van der Waals surface area contributed by atoms with Crippen molar-refractivity contribution in [1.29, 1.82) is 0 Å². The molecule has 1 amide bonds. The van der Waals surface area contributed by atoms with E-state index in [4.69, 9.17) is 0 Å². The largest absolute Gasteiger partial charge is 0.369 e. The van der Waals surface area contributed by atoms with Crippen LogP contribution in [0.3, 0.4) is 0 Å². The Labute approximate surface area is 117 Å². The van der Waals surface area contributed by atoms with E-state index < -0.39 is 0 Å². The lowest BCUT2D eigenvalue weighted by atomic mass is 10.3. The quantitative estimate of drug-likeness (QED) is 0.878. The second-order valence-corrected chi connectivity index (χ2v) is 4.94. The highest BCUT2D eigenvalue weighted by Crippen LogP contribution is 2.20. The molecule has 0 saturated carbocycles. The maximum Gasteiger partial charge on any atom is 0.224 e. The fraction of sp³-hybridized carbons (Fsp3) is 0.538. The average molecular weight is 314 g/mol. The number of anilines is 1. The SMILES string of the molecule is CCN(CC)C(=O)CCNc1ncc(C)cc1Br. The van der Waals surface area contributed by atoms with Gasteiger partial charge in [0.25, 0.3) is 0 Å². The number of halogens is 1. The molecule has 0 saturated heterocycles. The number of rotatable bonds is 6. The highest BCUT2D eigenvalue weighted by molar-refractivity contribution is 9.10. The molecule has 4 nitrogen and oxygen atoms in total. The van der Waals surface area contributed by atoms with Crippen LogP contribution < -0.4 is 5.32 Å². The first kappa shape index (κ1) is 15.0. The molecule has 0 atom stereocenters. The highest BCUT2D eigenvalue weighted by atomic mass is 79.9. The second kappa shape index (κ2) is 7.36. The third kappa shape index (κ3) is 4.29. The van der Waals surface area contributed by atoms with Gasteiger partial charge in [-0.2, -0.15) is 0 Å². The Balaban J connectivity index is 2.44. The van der Waals surface area contributed by atoms with Crippen LogP contribution in [0.25, 0.3) is 0 Å². The molecule has 0 fully saturated rings. The lowest BCUT2D eigenvalue weighted by molar-refractivity contribution is -0.130. The molecule has 1 aromatic rings. The summed E-state index contributed by atoms with van der Waals surface area (Å²) in [4.78, 5) is 17.9. The maximum atomic E-state index is 11.8. The van der Waals surface area contributed by atoms with Gasteiger partial charge in [0.05, 0.1) is 4.47 Å². The van der Waals surface area contributed by atoms with Gasteiger partial charge in [-0.3, -0.25) is 4.79 Å². The highest BCUT2D eigenvalue weighted by Gasteiger charge is 2.09. The van der Waals surface area contributed by atoms with Crippen molar-refractivity contribution in [3.8, 4) is 0 Å². The summed E-state index contributed by atoms with van der Waals surface area (Å²) in [6.45, 7) is 8.11. The summed E-state index contributed by atoms with van der Waals surface area (Å²) in [5.74, 6) is 0.962. The van der Waals surface area contributed by atoms with Gasteiger partial charge in [-0.05, 0) is 48.3 Å². The fourth-order valence-corrected chi connectivity index (χ4v) is 2.29. The molecule has 5 heteroatoms. The van der Waals surface area contributed by atoms with Crippen molar-refractivity contribution < 1.29 is 4.79 Å². The van der Waals surface area contributed by atoms with Gasteiger partial charge in [-0.1, -0.05) is 0 Å². The van der Waals surface area contributed by atoms with E-state index in [-0.39, 0.29) is 5.91 Å². The predicted octanol–water partition coefficient (Wildman–Crippen LogP) is 2.82. The molecular weight excluding hydrogens is 294 g/mol. The van der Waals surface area contributed by atoms with Crippen LogP contribution in [0.15, 0.2) is 16.7 Å². The number of carbonyl (C=O) groups is 1. The van der Waals surface area contributed by atoms with Crippen molar-refractivity contribution in [1.82, 2.24) is 9.88 Å². The number of pyridine rings is 1. The number of aryl methyl sites for hydroxylation is 1. The van der Waals surface area contributed by atoms with Crippen LogP contribution in [0, 0.1) is 6.92 Å². The van der Waals surface area contributed by atoms with E-state index in [1.807, 2.05) is 31.7 Å². The molecule has 18 heavy (non-hydrogen) atoms. The zero-order chi connectivity index (χ0) is 13.5. The van der Waals surface area contributed by atoms with E-state index in [1.165, 1.54) is 0 Å². The van der Waals surface area contributed by atoms with Crippen LogP contribution in [-0.4, -0.2) is 35.4 Å². The standard InChI is InChI=1S/C13H20BrN3O/c1-4-17(5-2)12(18)6-7-15-13-11(14)8-10(3)9-16-13/h8-9H,4-7H2,1-3H3,(H,15,16). The van der Waals surface area contributed by atoms with Crippen LogP contribution in [0.2, 0.25) is 0 Å². The first-order chi connectivity index (χ1) is 8.58. The first-order valence-corrected chi connectivity index (χ1v) is 7.01. The minimum atomic E-state index is 0.177. The Morgan fingerprint density at radius 1 is 1.44 bits per heavy atom. The van der Waals surface area contributed by atoms with Crippen LogP contribution in [0.1, 0.15) is 25.8 Å². The normalized spacial score (nSPS) is 10.2. The molecule has 1 heterocycles. The molecule has 1 rings (SSSR count). The molecular formula is C13H20BrN3O. The minimum absolute atomic E-state index is 0.177. The molecule has 1 N–H and O–H groups in total. The van der Waals surface area contributed by atoms with Gasteiger partial charge in [-0.25, -0.2) is 4.98 Å². The molecule has 0 radical (unpaired) electrons. The van der Waals surface area contributed by atoms with Crippen molar-refractivity contribution in [3.05, 3.63) is 22.3 Å². The van der Waals surface area contributed by atoms with Crippen molar-refractivity contribution in [3.63, 3.8) is 0 Å². The van der Waals surface area contributed by atoms with E-state index in [0.29, 0.717) is 13.0 Å². The Hall–Kier alpha value is -1.10. The van der Waals surface area contributed by atoms with E-state index in [2.05, 4.69) is 26.2 Å². The summed E-state index contributed by atoms with van der Waals surface area (Å²) in [5.41, 5.74) is 1.10. The molecule has 0 aromatic carbocycles. The predicted molar refractivity (Wildman–Crippen MR) is 77.7 cm³/mol. The summed E-state index contributed by atoms with van der Waals surface area (Å²) in [5, 5.41) is 3.17. The minimum Gasteiger partial charge on any atom is -0.369 e. The van der Waals surface area contributed by atoms with Gasteiger partial charge < -0.3 is 10.2 Å². The zero-order valence-corrected chi connectivity index (χ0v) is 12.7. The van der Waals surface area contributed by atoms with E-state index >= 15 is 0 Å². The van der Waals surface area contributed by atoms with Crippen LogP contribution >= 0.6 is 15.9 Å². The van der Waals surface area contributed by atoms with Gasteiger partial charge in [0.2, 0.25) is 5.91 Å². The van der Waals surface area contributed by atoms with E-state index in [9.17, 15) is 4.79 Å². The Morgan fingerprint density at radius 2 is 2.11 bits per heavy atom. The van der Waals surface area contributed by atoms with Crippen LogP contribution in [-0.2, 0) is 4.79 Å². The lowest BCUT2D eigenvalue weighted by Crippen LogP contribution is -2.31. The Bertz CT molecular complexity index is 405. The Morgan fingerprint density at radius 3 is 2.67 bits per heavy atom. The topological polar surface area (TPSA) is 45.2 Å². The molecule has 0 aliphatic heterocycles. The third-order valence-corrected chi connectivity index (χ3v) is 3.33. The number of hydrogen-bond donors (Lipinski definition) is 1. The van der Waals surface area contributed by atoms with Gasteiger partial charge in [0.1, 0.15) is 5.82 Å². The summed E-state index contributed by atoms with van der Waals surface area (Å²) in [7, 11) is 0. The molecule has 100 valence electrons. The van der Waals surface area contributed by atoms with Crippen LogP contribution in [0.5, 0.6) is 0 Å². The smallest absolute Gasteiger partial charge is 0.224 e. The summed E-state index contributed by atoms with van der Waals surface area (Å²) in [6, 6.07) is 2.00. The number of carbonyl (C=O) groups excluding carboxylic acids is 1. The molecule has 0 aliphatic rings. The second-order valence-electron chi connectivity index (χ2n) is 4.09. The number of nitrogens with zero attached hydrogens (tertiary/aromatic N) is 2. The van der Waals surface area contributed by atoms with Crippen molar-refractivity contribution in [2.75, 3.05) is 25.0 Å². The monoisotopic (exact) mass is 313 g/mol. The Kier molecular flexibility index (Phi) is 6.12. The number of amides is 1. The van der Waals surface area contributed by atoms with Gasteiger partial charge >= 0.3 is 0 Å². The summed E-state index contributed by atoms with van der Waals surface area (Å²) < 4.78 is 0.929. The van der Waals surface area contributed by atoms with Crippen LogP contribution in [0.4, 0.5) is 5.82 Å². The van der Waals surface area contributed by atoms with E-state index in [0.717, 1.165) is 28.9 Å². The molecule has 0 unspecified atom stereocenters. The maximum absolute atomic E-state index is 11.8. The number of nitrogens with one attached hydrogen (secondary N) is 1. The van der Waals surface area contributed by atoms with Gasteiger partial charge in [0, 0.05) is 32.3 Å². The van der Waals surface area contributed by atoms with Crippen molar-refractivity contribution >= 4 is 27.7 Å². The first-order valence-electron chi connectivity index (χ1n) is 6.22. The molecule has 1 aromatic heterocycles. The lowest BCUT2D eigenvalue weighted by Gasteiger charge is -2.18. The third-order valence-electron chi connectivity index (χ3n) is 2.73. The zero-order valence-electron chi connectivity index (χ0n) is 11.2. The van der Waals surface area contributed by atoms with Crippen molar-refractivity contribution in [2.24, 2.45) is 0 Å². The van der Waals surface area contributed by atoms with Gasteiger partial charge in [0.15, 0.2) is 0 Å². The van der Waals surface area contributed by atoms with Gasteiger partial charge in [-0.15, -0.1) is 0 Å². The average Bonchev–Trinajstić information content (AvgIpc) is 2.33. The fourth-order valence-electron chi connectivity index (χ4n) is 1.69. The molecule has 0 spiro atoms. The summed E-state index contributed by atoms with van der Waals surface area (Å²) >= 11 is 3.45. The molecule has 0 bridgehead atoms. The van der Waals surface area contributed by atoms with Crippen molar-refractivity contribution in [2.45, 2.75) is 27.2 Å².